The van der Waals surface area contributed by atoms with Crippen LogP contribution in [0.1, 0.15) is 31.5 Å². The number of nitrogens with one attached hydrogen (secondary N) is 2. The number of hydrogen-bond donors (Lipinski definition) is 4. The predicted octanol–water partition coefficient (Wildman–Crippen LogP) is 0.551. The first-order chi connectivity index (χ1) is 8.60. The van der Waals surface area contributed by atoms with E-state index in [4.69, 9.17) is 0 Å². The summed E-state index contributed by atoms with van der Waals surface area (Å²) in [5.74, 6) is 2.64. The molecule has 0 atom stereocenters. The molecule has 0 radical (unpaired) electrons. The summed E-state index contributed by atoms with van der Waals surface area (Å²) in [6.07, 6.45) is 2.26. The van der Waals surface area contributed by atoms with Gasteiger partial charge in [0, 0.05) is 19.0 Å². The van der Waals surface area contributed by atoms with Gasteiger partial charge in [0.25, 0.3) is 0 Å². The van der Waals surface area contributed by atoms with Crippen molar-refractivity contribution in [3.05, 3.63) is 11.9 Å². The average molecular weight is 252 g/mol. The molecule has 6 heteroatoms. The molecule has 1 aliphatic carbocycles. The third-order valence-corrected chi connectivity index (χ3v) is 3.07. The highest BCUT2D eigenvalue weighted by Gasteiger charge is 2.28. The molecule has 0 aromatic carbocycles. The van der Waals surface area contributed by atoms with Crippen LogP contribution >= 0.6 is 0 Å². The fourth-order valence-electron chi connectivity index (χ4n) is 1.62. The molecule has 0 saturated heterocycles. The maximum absolute atomic E-state index is 9.28. The van der Waals surface area contributed by atoms with Crippen molar-refractivity contribution in [2.45, 2.75) is 31.2 Å². The van der Waals surface area contributed by atoms with Crippen LogP contribution in [-0.2, 0) is 0 Å². The number of anilines is 2. The molecule has 100 valence electrons. The van der Waals surface area contributed by atoms with Crippen LogP contribution in [-0.4, -0.2) is 46.0 Å². The Morgan fingerprint density at radius 3 is 2.39 bits per heavy atom. The van der Waals surface area contributed by atoms with E-state index in [0.717, 1.165) is 24.5 Å². The van der Waals surface area contributed by atoms with E-state index in [0.29, 0.717) is 11.7 Å². The van der Waals surface area contributed by atoms with Gasteiger partial charge in [0.05, 0.1) is 18.8 Å². The lowest BCUT2D eigenvalue weighted by molar-refractivity contribution is 0.147. The van der Waals surface area contributed by atoms with Gasteiger partial charge in [-0.3, -0.25) is 0 Å². The monoisotopic (exact) mass is 252 g/mol. The van der Waals surface area contributed by atoms with Crippen LogP contribution in [0.2, 0.25) is 0 Å². The minimum Gasteiger partial charge on any atom is -0.394 e. The molecule has 0 aliphatic heterocycles. The number of aliphatic hydroxyl groups is 2. The maximum atomic E-state index is 9.28. The van der Waals surface area contributed by atoms with Crippen molar-refractivity contribution < 1.29 is 10.2 Å². The van der Waals surface area contributed by atoms with E-state index in [1.807, 2.05) is 0 Å². The van der Waals surface area contributed by atoms with Crippen molar-refractivity contribution in [3.63, 3.8) is 0 Å². The highest BCUT2D eigenvalue weighted by atomic mass is 16.3. The Bertz CT molecular complexity index is 417. The number of aliphatic hydroxyl groups excluding tert-OH is 2. The summed E-state index contributed by atoms with van der Waals surface area (Å²) < 4.78 is 0. The molecule has 1 heterocycles. The fraction of sp³-hybridized carbons (Fsp3) is 0.667. The van der Waals surface area contributed by atoms with Gasteiger partial charge in [0.1, 0.15) is 17.5 Å². The first kappa shape index (κ1) is 13.0. The van der Waals surface area contributed by atoms with Crippen LogP contribution in [0.5, 0.6) is 0 Å². The van der Waals surface area contributed by atoms with Crippen molar-refractivity contribution in [2.24, 2.45) is 0 Å². The van der Waals surface area contributed by atoms with Crippen LogP contribution in [0.15, 0.2) is 6.07 Å². The van der Waals surface area contributed by atoms with Gasteiger partial charge in [-0.2, -0.15) is 0 Å². The van der Waals surface area contributed by atoms with Crippen LogP contribution in [0.25, 0.3) is 0 Å². The van der Waals surface area contributed by atoms with Crippen molar-refractivity contribution >= 4 is 11.6 Å². The summed E-state index contributed by atoms with van der Waals surface area (Å²) >= 11 is 0. The number of rotatable bonds is 6. The van der Waals surface area contributed by atoms with Gasteiger partial charge in [-0.25, -0.2) is 9.97 Å². The van der Waals surface area contributed by atoms with E-state index < -0.39 is 5.54 Å². The minimum absolute atomic E-state index is 0.166. The Morgan fingerprint density at radius 1 is 1.28 bits per heavy atom. The SMILES string of the molecule is CNc1cc(NC(C)(CO)CO)nc(C2CC2)n1. The predicted molar refractivity (Wildman–Crippen MR) is 69.8 cm³/mol. The van der Waals surface area contributed by atoms with E-state index >= 15 is 0 Å². The van der Waals surface area contributed by atoms with E-state index in [-0.39, 0.29) is 13.2 Å². The molecule has 4 N–H and O–H groups in total. The molecule has 0 amide bonds. The molecule has 1 aromatic heterocycles. The van der Waals surface area contributed by atoms with Crippen LogP contribution in [0.4, 0.5) is 11.6 Å². The topological polar surface area (TPSA) is 90.3 Å². The second-order valence-corrected chi connectivity index (χ2v) is 5.02. The number of aromatic nitrogens is 2. The van der Waals surface area contributed by atoms with Gasteiger partial charge in [0.15, 0.2) is 0 Å². The van der Waals surface area contributed by atoms with E-state index in [2.05, 4.69) is 20.6 Å². The third-order valence-electron chi connectivity index (χ3n) is 3.07. The van der Waals surface area contributed by atoms with Gasteiger partial charge < -0.3 is 20.8 Å². The lowest BCUT2D eigenvalue weighted by Crippen LogP contribution is -2.42. The maximum Gasteiger partial charge on any atom is 0.136 e. The normalized spacial score (nSPS) is 15.6. The highest BCUT2D eigenvalue weighted by Crippen LogP contribution is 2.38. The molecule has 1 saturated carbocycles. The van der Waals surface area contributed by atoms with Gasteiger partial charge in [0.2, 0.25) is 0 Å². The second kappa shape index (κ2) is 5.07. The lowest BCUT2D eigenvalue weighted by atomic mass is 10.1. The summed E-state index contributed by atoms with van der Waals surface area (Å²) in [6.45, 7) is 1.41. The highest BCUT2D eigenvalue weighted by molar-refractivity contribution is 5.49. The van der Waals surface area contributed by atoms with Gasteiger partial charge in [-0.15, -0.1) is 0 Å². The molecule has 0 unspecified atom stereocenters. The molecule has 1 aliphatic rings. The second-order valence-electron chi connectivity index (χ2n) is 5.02. The Balaban J connectivity index is 2.23. The molecular formula is C12H20N4O2. The van der Waals surface area contributed by atoms with Gasteiger partial charge in [-0.1, -0.05) is 0 Å². The van der Waals surface area contributed by atoms with E-state index in [9.17, 15) is 10.2 Å². The zero-order valence-electron chi connectivity index (χ0n) is 10.8. The zero-order chi connectivity index (χ0) is 13.2. The van der Waals surface area contributed by atoms with E-state index in [1.54, 1.807) is 20.0 Å². The van der Waals surface area contributed by atoms with Gasteiger partial charge >= 0.3 is 0 Å². The Labute approximate surface area is 106 Å². The standard InChI is InChI=1S/C12H20N4O2/c1-12(6-17,7-18)16-10-5-9(13-2)14-11(15-10)8-3-4-8/h5,8,17-18H,3-4,6-7H2,1-2H3,(H2,13,14,15,16). The Morgan fingerprint density at radius 2 is 1.89 bits per heavy atom. The summed E-state index contributed by atoms with van der Waals surface area (Å²) in [4.78, 5) is 8.85. The van der Waals surface area contributed by atoms with Crippen molar-refractivity contribution in [1.29, 1.82) is 0 Å². The average Bonchev–Trinajstić information content (AvgIpc) is 3.22. The van der Waals surface area contributed by atoms with Crippen LogP contribution < -0.4 is 10.6 Å². The summed E-state index contributed by atoms with van der Waals surface area (Å²) in [5, 5.41) is 24.6. The van der Waals surface area contributed by atoms with Crippen LogP contribution in [0.3, 0.4) is 0 Å². The summed E-state index contributed by atoms with van der Waals surface area (Å²) in [7, 11) is 1.81. The number of nitrogens with zero attached hydrogens (tertiary/aromatic N) is 2. The first-order valence-corrected chi connectivity index (χ1v) is 6.17. The molecule has 0 spiro atoms. The molecule has 0 bridgehead atoms. The molecular weight excluding hydrogens is 232 g/mol. The number of hydrogen-bond acceptors (Lipinski definition) is 6. The fourth-order valence-corrected chi connectivity index (χ4v) is 1.62. The molecule has 2 rings (SSSR count). The largest absolute Gasteiger partial charge is 0.394 e. The van der Waals surface area contributed by atoms with Gasteiger partial charge in [-0.05, 0) is 19.8 Å². The molecule has 1 fully saturated rings. The first-order valence-electron chi connectivity index (χ1n) is 6.17. The Kier molecular flexibility index (Phi) is 3.68. The molecule has 1 aromatic rings. The third kappa shape index (κ3) is 2.88. The molecule has 18 heavy (non-hydrogen) atoms. The summed E-state index contributed by atoms with van der Waals surface area (Å²) in [5.41, 5.74) is -0.778. The van der Waals surface area contributed by atoms with Crippen LogP contribution in [0, 0.1) is 0 Å². The van der Waals surface area contributed by atoms with Crippen molar-refractivity contribution in [3.8, 4) is 0 Å². The van der Waals surface area contributed by atoms with Crippen molar-refractivity contribution in [1.82, 2.24) is 9.97 Å². The Hall–Kier alpha value is -1.40. The lowest BCUT2D eigenvalue weighted by Gasteiger charge is -2.27. The minimum atomic E-state index is -0.778. The quantitative estimate of drug-likeness (QED) is 0.591. The molecule has 6 nitrogen and oxygen atoms in total. The zero-order valence-corrected chi connectivity index (χ0v) is 10.8. The summed E-state index contributed by atoms with van der Waals surface area (Å²) in [6, 6.07) is 1.77. The van der Waals surface area contributed by atoms with E-state index in [1.165, 1.54) is 0 Å². The van der Waals surface area contributed by atoms with Crippen molar-refractivity contribution in [2.75, 3.05) is 30.9 Å². The smallest absolute Gasteiger partial charge is 0.136 e.